The molecule has 0 spiro atoms. The lowest BCUT2D eigenvalue weighted by Gasteiger charge is -2.01. The molecule has 0 aliphatic rings. The summed E-state index contributed by atoms with van der Waals surface area (Å²) in [5.41, 5.74) is 1.16. The summed E-state index contributed by atoms with van der Waals surface area (Å²) in [5, 5.41) is 6.79. The zero-order valence-electron chi connectivity index (χ0n) is 8.08. The van der Waals surface area contributed by atoms with Crippen LogP contribution in [0, 0.1) is 0 Å². The minimum Gasteiger partial charge on any atom is -0.355 e. The molecule has 0 bridgehead atoms. The van der Waals surface area contributed by atoms with E-state index >= 15 is 0 Å². The zero-order chi connectivity index (χ0) is 9.68. The lowest BCUT2D eigenvalue weighted by molar-refractivity contribution is -0.121. The van der Waals surface area contributed by atoms with Gasteiger partial charge in [0.1, 0.15) is 6.54 Å². The monoisotopic (exact) mass is 181 g/mol. The average Bonchev–Trinajstić information content (AvgIpc) is 2.52. The number of likely N-dealkylation sites (N-methyl/N-ethyl adjacent to an activating group) is 1. The highest BCUT2D eigenvalue weighted by molar-refractivity contribution is 5.75. The van der Waals surface area contributed by atoms with Gasteiger partial charge in [0, 0.05) is 12.7 Å². The van der Waals surface area contributed by atoms with Gasteiger partial charge < -0.3 is 5.32 Å². The minimum atomic E-state index is 0.00764. The Morgan fingerprint density at radius 2 is 2.38 bits per heavy atom. The summed E-state index contributed by atoms with van der Waals surface area (Å²) in [5.74, 6) is 0.00764. The molecular formula is C9H15N3O. The number of carbonyl (C=O) groups excluding carboxylic acids is 1. The molecule has 0 saturated carbocycles. The lowest BCUT2D eigenvalue weighted by atomic mass is 10.3. The Kier molecular flexibility index (Phi) is 3.49. The summed E-state index contributed by atoms with van der Waals surface area (Å²) >= 11 is 0. The molecule has 0 unspecified atom stereocenters. The second kappa shape index (κ2) is 4.64. The Bertz CT molecular complexity index is 280. The molecule has 0 aliphatic heterocycles. The second-order valence-electron chi connectivity index (χ2n) is 2.85. The first-order chi connectivity index (χ1) is 6.26. The van der Waals surface area contributed by atoms with Crippen LogP contribution in [0.3, 0.4) is 0 Å². The number of hydrogen-bond acceptors (Lipinski definition) is 2. The van der Waals surface area contributed by atoms with Crippen LogP contribution in [0.2, 0.25) is 0 Å². The molecule has 1 rings (SSSR count). The molecule has 4 nitrogen and oxygen atoms in total. The Labute approximate surface area is 77.9 Å². The van der Waals surface area contributed by atoms with Crippen LogP contribution in [-0.4, -0.2) is 22.2 Å². The predicted molar refractivity (Wildman–Crippen MR) is 50.3 cm³/mol. The van der Waals surface area contributed by atoms with Crippen molar-refractivity contribution < 1.29 is 4.79 Å². The second-order valence-corrected chi connectivity index (χ2v) is 2.85. The van der Waals surface area contributed by atoms with E-state index in [1.54, 1.807) is 10.9 Å². The molecule has 0 saturated heterocycles. The van der Waals surface area contributed by atoms with Crippen molar-refractivity contribution in [2.75, 3.05) is 6.54 Å². The zero-order valence-corrected chi connectivity index (χ0v) is 8.08. The number of aryl methyl sites for hydroxylation is 1. The third-order valence-corrected chi connectivity index (χ3v) is 1.77. The fraction of sp³-hybridized carbons (Fsp3) is 0.556. The number of nitrogens with one attached hydrogen (secondary N) is 1. The Balaban J connectivity index is 2.49. The van der Waals surface area contributed by atoms with Crippen molar-refractivity contribution in [3.05, 3.63) is 18.0 Å². The summed E-state index contributed by atoms with van der Waals surface area (Å²) in [7, 11) is 0. The van der Waals surface area contributed by atoms with Gasteiger partial charge in [0.25, 0.3) is 0 Å². The van der Waals surface area contributed by atoms with Crippen molar-refractivity contribution in [2.24, 2.45) is 0 Å². The quantitative estimate of drug-likeness (QED) is 0.738. The minimum absolute atomic E-state index is 0.00764. The average molecular weight is 181 g/mol. The summed E-state index contributed by atoms with van der Waals surface area (Å²) in [6, 6.07) is 0. The smallest absolute Gasteiger partial charge is 0.241 e. The van der Waals surface area contributed by atoms with E-state index < -0.39 is 0 Å². The third kappa shape index (κ3) is 2.89. The van der Waals surface area contributed by atoms with Crippen molar-refractivity contribution in [3.63, 3.8) is 0 Å². The van der Waals surface area contributed by atoms with Crippen molar-refractivity contribution >= 4 is 5.91 Å². The molecule has 1 aromatic rings. The van der Waals surface area contributed by atoms with E-state index in [0.29, 0.717) is 13.1 Å². The third-order valence-electron chi connectivity index (χ3n) is 1.77. The van der Waals surface area contributed by atoms with Crippen molar-refractivity contribution in [1.82, 2.24) is 15.1 Å². The van der Waals surface area contributed by atoms with E-state index in [1.807, 2.05) is 13.1 Å². The molecule has 13 heavy (non-hydrogen) atoms. The standard InChI is InChI=1S/C9H15N3O/c1-3-8-5-11-12(6-8)7-9(13)10-4-2/h5-6H,3-4,7H2,1-2H3,(H,10,13). The first-order valence-electron chi connectivity index (χ1n) is 4.54. The molecule has 0 atom stereocenters. The number of nitrogens with zero attached hydrogens (tertiary/aromatic N) is 2. The van der Waals surface area contributed by atoms with E-state index in [4.69, 9.17) is 0 Å². The molecule has 1 amide bonds. The SMILES string of the molecule is CCNC(=O)Cn1cc(CC)cn1. The molecular weight excluding hydrogens is 166 g/mol. The van der Waals surface area contributed by atoms with Gasteiger partial charge in [-0.25, -0.2) is 0 Å². The molecule has 1 aromatic heterocycles. The summed E-state index contributed by atoms with van der Waals surface area (Å²) in [6.45, 7) is 4.94. The van der Waals surface area contributed by atoms with Gasteiger partial charge in [-0.2, -0.15) is 5.10 Å². The normalized spacial score (nSPS) is 10.0. The van der Waals surface area contributed by atoms with Gasteiger partial charge in [0.2, 0.25) is 5.91 Å². The maximum Gasteiger partial charge on any atom is 0.241 e. The Morgan fingerprint density at radius 3 is 2.92 bits per heavy atom. The fourth-order valence-corrected chi connectivity index (χ4v) is 1.08. The molecule has 0 aromatic carbocycles. The van der Waals surface area contributed by atoms with Crippen LogP contribution in [-0.2, 0) is 17.8 Å². The number of amides is 1. The highest BCUT2D eigenvalue weighted by Crippen LogP contribution is 1.97. The number of rotatable bonds is 4. The first kappa shape index (κ1) is 9.77. The molecule has 72 valence electrons. The van der Waals surface area contributed by atoms with Crippen LogP contribution in [0.5, 0.6) is 0 Å². The van der Waals surface area contributed by atoms with Crippen molar-refractivity contribution in [3.8, 4) is 0 Å². The molecule has 4 heteroatoms. The van der Waals surface area contributed by atoms with Crippen LogP contribution >= 0.6 is 0 Å². The van der Waals surface area contributed by atoms with Crippen LogP contribution < -0.4 is 5.32 Å². The number of aromatic nitrogens is 2. The summed E-state index contributed by atoms with van der Waals surface area (Å²) in [4.78, 5) is 11.1. The Morgan fingerprint density at radius 1 is 1.62 bits per heavy atom. The van der Waals surface area contributed by atoms with E-state index in [0.717, 1.165) is 12.0 Å². The molecule has 1 N–H and O–H groups in total. The van der Waals surface area contributed by atoms with Crippen LogP contribution in [0.1, 0.15) is 19.4 Å². The van der Waals surface area contributed by atoms with Gasteiger partial charge in [0.15, 0.2) is 0 Å². The predicted octanol–water partition coefficient (Wildman–Crippen LogP) is 0.582. The van der Waals surface area contributed by atoms with Gasteiger partial charge in [0.05, 0.1) is 6.20 Å². The highest BCUT2D eigenvalue weighted by Gasteiger charge is 2.01. The van der Waals surface area contributed by atoms with Crippen LogP contribution in [0.15, 0.2) is 12.4 Å². The summed E-state index contributed by atoms with van der Waals surface area (Å²) in [6.07, 6.45) is 4.64. The fourth-order valence-electron chi connectivity index (χ4n) is 1.08. The van der Waals surface area contributed by atoms with Gasteiger partial charge in [-0.15, -0.1) is 0 Å². The van der Waals surface area contributed by atoms with E-state index in [2.05, 4.69) is 17.3 Å². The number of carbonyl (C=O) groups is 1. The molecule has 0 radical (unpaired) electrons. The van der Waals surface area contributed by atoms with Gasteiger partial charge in [-0.05, 0) is 18.9 Å². The maximum absolute atomic E-state index is 11.1. The van der Waals surface area contributed by atoms with Crippen molar-refractivity contribution in [2.45, 2.75) is 26.8 Å². The van der Waals surface area contributed by atoms with Crippen molar-refractivity contribution in [1.29, 1.82) is 0 Å². The number of hydrogen-bond donors (Lipinski definition) is 1. The van der Waals surface area contributed by atoms with Gasteiger partial charge in [-0.3, -0.25) is 9.48 Å². The first-order valence-corrected chi connectivity index (χ1v) is 4.54. The summed E-state index contributed by atoms with van der Waals surface area (Å²) < 4.78 is 1.66. The molecule has 0 fully saturated rings. The molecule has 1 heterocycles. The van der Waals surface area contributed by atoms with E-state index in [9.17, 15) is 4.79 Å². The topological polar surface area (TPSA) is 46.9 Å². The maximum atomic E-state index is 11.1. The van der Waals surface area contributed by atoms with Crippen LogP contribution in [0.4, 0.5) is 0 Å². The largest absolute Gasteiger partial charge is 0.355 e. The lowest BCUT2D eigenvalue weighted by Crippen LogP contribution is -2.27. The van der Waals surface area contributed by atoms with Crippen LogP contribution in [0.25, 0.3) is 0 Å². The van der Waals surface area contributed by atoms with E-state index in [1.165, 1.54) is 0 Å². The van der Waals surface area contributed by atoms with E-state index in [-0.39, 0.29) is 5.91 Å². The Hall–Kier alpha value is -1.32. The highest BCUT2D eigenvalue weighted by atomic mass is 16.2. The van der Waals surface area contributed by atoms with Gasteiger partial charge >= 0.3 is 0 Å². The molecule has 0 aliphatic carbocycles. The van der Waals surface area contributed by atoms with Gasteiger partial charge in [-0.1, -0.05) is 6.92 Å².